The Morgan fingerprint density at radius 3 is 2.12 bits per heavy atom. The number of carbonyl (C=O) groups excluding carboxylic acids is 2. The molecule has 3 rings (SSSR count). The van der Waals surface area contributed by atoms with Gasteiger partial charge in [-0.2, -0.15) is 0 Å². The summed E-state index contributed by atoms with van der Waals surface area (Å²) in [7, 11) is 0. The van der Waals surface area contributed by atoms with Crippen LogP contribution in [0.25, 0.3) is 0 Å². The first-order valence-electron chi connectivity index (χ1n) is 5.31. The zero-order chi connectivity index (χ0) is 12.2. The highest BCUT2D eigenvalue weighted by Crippen LogP contribution is 2.40. The summed E-state index contributed by atoms with van der Waals surface area (Å²) in [6.45, 7) is 0. The van der Waals surface area contributed by atoms with Gasteiger partial charge >= 0.3 is 5.97 Å². The van der Waals surface area contributed by atoms with Gasteiger partial charge in [0, 0.05) is 0 Å². The van der Waals surface area contributed by atoms with Crippen LogP contribution in [0, 0.1) is 5.92 Å². The molecule has 86 valence electrons. The van der Waals surface area contributed by atoms with Crippen molar-refractivity contribution in [3.8, 4) is 0 Å². The summed E-state index contributed by atoms with van der Waals surface area (Å²) < 4.78 is 0. The third-order valence-electron chi connectivity index (χ3n) is 3.23. The zero-order valence-corrected chi connectivity index (χ0v) is 8.79. The number of carbonyl (C=O) groups is 3. The zero-order valence-electron chi connectivity index (χ0n) is 8.79. The molecule has 17 heavy (non-hydrogen) atoms. The van der Waals surface area contributed by atoms with E-state index in [2.05, 4.69) is 0 Å². The average molecular weight is 231 g/mol. The van der Waals surface area contributed by atoms with E-state index < -0.39 is 17.9 Å². The van der Waals surface area contributed by atoms with Crippen LogP contribution in [0.5, 0.6) is 0 Å². The molecular formula is C12H9NO4. The maximum atomic E-state index is 12.0. The standard InChI is InChI=1S/C12H9NO4/c14-10-6-3-1-2-4-7(6)11(15)13(10)9-5-8(9)12(16)17/h1-4,8-9H,5H2,(H,16,17). The highest BCUT2D eigenvalue weighted by Gasteiger charge is 2.54. The Hall–Kier alpha value is -2.17. The summed E-state index contributed by atoms with van der Waals surface area (Å²) in [6.07, 6.45) is 0.362. The van der Waals surface area contributed by atoms with Crippen molar-refractivity contribution in [3.05, 3.63) is 35.4 Å². The van der Waals surface area contributed by atoms with Crippen molar-refractivity contribution in [2.45, 2.75) is 12.5 Å². The van der Waals surface area contributed by atoms with Gasteiger partial charge in [-0.15, -0.1) is 0 Å². The fourth-order valence-electron chi connectivity index (χ4n) is 2.24. The van der Waals surface area contributed by atoms with E-state index >= 15 is 0 Å². The second-order valence-corrected chi connectivity index (χ2v) is 4.27. The fourth-order valence-corrected chi connectivity index (χ4v) is 2.24. The molecular weight excluding hydrogens is 222 g/mol. The van der Waals surface area contributed by atoms with E-state index in [4.69, 9.17) is 5.11 Å². The third kappa shape index (κ3) is 1.28. The van der Waals surface area contributed by atoms with Crippen molar-refractivity contribution in [2.75, 3.05) is 0 Å². The lowest BCUT2D eigenvalue weighted by Crippen LogP contribution is -2.33. The number of amides is 2. The van der Waals surface area contributed by atoms with Gasteiger partial charge in [0.05, 0.1) is 23.1 Å². The molecule has 1 aromatic rings. The largest absolute Gasteiger partial charge is 0.481 e. The van der Waals surface area contributed by atoms with Crippen LogP contribution in [0.15, 0.2) is 24.3 Å². The van der Waals surface area contributed by atoms with E-state index in [1.54, 1.807) is 24.3 Å². The Bertz CT molecular complexity index is 516. The average Bonchev–Trinajstić information content (AvgIpc) is 3.05. The summed E-state index contributed by atoms with van der Waals surface area (Å²) in [5, 5.41) is 8.82. The number of carboxylic acid groups (broad SMARTS) is 1. The lowest BCUT2D eigenvalue weighted by Gasteiger charge is -2.12. The maximum Gasteiger partial charge on any atom is 0.308 e. The lowest BCUT2D eigenvalue weighted by molar-refractivity contribution is -0.138. The first-order chi connectivity index (χ1) is 8.11. The number of carboxylic acids is 1. The van der Waals surface area contributed by atoms with Crippen LogP contribution in [0.2, 0.25) is 0 Å². The molecule has 0 aromatic heterocycles. The Morgan fingerprint density at radius 2 is 1.71 bits per heavy atom. The molecule has 0 spiro atoms. The fraction of sp³-hybridized carbons (Fsp3) is 0.250. The third-order valence-corrected chi connectivity index (χ3v) is 3.23. The van der Waals surface area contributed by atoms with E-state index in [9.17, 15) is 14.4 Å². The molecule has 2 unspecified atom stereocenters. The van der Waals surface area contributed by atoms with Gasteiger partial charge in [-0.05, 0) is 18.6 Å². The Labute approximate surface area is 96.6 Å². The van der Waals surface area contributed by atoms with E-state index in [1.807, 2.05) is 0 Å². The molecule has 0 bridgehead atoms. The van der Waals surface area contributed by atoms with Crippen LogP contribution in [0.4, 0.5) is 0 Å². The summed E-state index contributed by atoms with van der Waals surface area (Å²) in [4.78, 5) is 35.8. The highest BCUT2D eigenvalue weighted by molar-refractivity contribution is 6.21. The number of hydrogen-bond acceptors (Lipinski definition) is 3. The molecule has 1 aromatic carbocycles. The normalized spacial score (nSPS) is 26.0. The minimum Gasteiger partial charge on any atom is -0.481 e. The van der Waals surface area contributed by atoms with Gasteiger partial charge in [-0.25, -0.2) is 0 Å². The molecule has 1 aliphatic carbocycles. The number of benzene rings is 1. The summed E-state index contributed by atoms with van der Waals surface area (Å²) in [5.74, 6) is -2.30. The molecule has 1 saturated carbocycles. The summed E-state index contributed by atoms with van der Waals surface area (Å²) in [5.41, 5.74) is 0.738. The predicted molar refractivity (Wildman–Crippen MR) is 56.5 cm³/mol. The summed E-state index contributed by atoms with van der Waals surface area (Å²) >= 11 is 0. The van der Waals surface area contributed by atoms with Gasteiger partial charge in [0.15, 0.2) is 0 Å². The number of hydrogen-bond donors (Lipinski definition) is 1. The first kappa shape index (κ1) is 10.0. The Balaban J connectivity index is 1.94. The maximum absolute atomic E-state index is 12.0. The van der Waals surface area contributed by atoms with Gasteiger partial charge in [-0.1, -0.05) is 12.1 Å². The molecule has 2 aliphatic rings. The van der Waals surface area contributed by atoms with E-state index in [0.717, 1.165) is 4.90 Å². The molecule has 2 amide bonds. The van der Waals surface area contributed by atoms with E-state index in [-0.39, 0.29) is 11.8 Å². The van der Waals surface area contributed by atoms with Gasteiger partial charge in [-0.3, -0.25) is 19.3 Å². The molecule has 5 heteroatoms. The van der Waals surface area contributed by atoms with Crippen LogP contribution in [0.1, 0.15) is 27.1 Å². The number of rotatable bonds is 2. The van der Waals surface area contributed by atoms with Crippen molar-refractivity contribution in [2.24, 2.45) is 5.92 Å². The minimum absolute atomic E-state index is 0.362. The molecule has 1 N–H and O–H groups in total. The molecule has 1 fully saturated rings. The van der Waals surface area contributed by atoms with Crippen molar-refractivity contribution in [1.29, 1.82) is 0 Å². The second kappa shape index (κ2) is 3.16. The molecule has 1 heterocycles. The quantitative estimate of drug-likeness (QED) is 0.762. The molecule has 1 aliphatic heterocycles. The lowest BCUT2D eigenvalue weighted by atomic mass is 10.1. The number of nitrogens with zero attached hydrogens (tertiary/aromatic N) is 1. The molecule has 0 saturated heterocycles. The summed E-state index contributed by atoms with van der Waals surface area (Å²) in [6, 6.07) is 6.09. The van der Waals surface area contributed by atoms with Crippen molar-refractivity contribution < 1.29 is 19.5 Å². The molecule has 2 atom stereocenters. The first-order valence-corrected chi connectivity index (χ1v) is 5.31. The van der Waals surface area contributed by atoms with Crippen LogP contribution in [-0.2, 0) is 4.79 Å². The number of imide groups is 1. The SMILES string of the molecule is O=C(O)C1CC1N1C(=O)c2ccccc2C1=O. The Morgan fingerprint density at radius 1 is 1.18 bits per heavy atom. The Kier molecular flexibility index (Phi) is 1.86. The van der Waals surface area contributed by atoms with Crippen LogP contribution < -0.4 is 0 Å². The second-order valence-electron chi connectivity index (χ2n) is 4.27. The van der Waals surface area contributed by atoms with Crippen molar-refractivity contribution >= 4 is 17.8 Å². The topological polar surface area (TPSA) is 74.7 Å². The smallest absolute Gasteiger partial charge is 0.308 e. The van der Waals surface area contributed by atoms with Gasteiger partial charge < -0.3 is 5.11 Å². The van der Waals surface area contributed by atoms with Gasteiger partial charge in [0.25, 0.3) is 11.8 Å². The molecule has 0 radical (unpaired) electrons. The van der Waals surface area contributed by atoms with Crippen LogP contribution in [0.3, 0.4) is 0 Å². The van der Waals surface area contributed by atoms with Gasteiger partial charge in [0.2, 0.25) is 0 Å². The molecule has 5 nitrogen and oxygen atoms in total. The van der Waals surface area contributed by atoms with Crippen molar-refractivity contribution in [1.82, 2.24) is 4.90 Å². The van der Waals surface area contributed by atoms with Crippen LogP contribution in [-0.4, -0.2) is 33.8 Å². The number of aliphatic carboxylic acids is 1. The predicted octanol–water partition coefficient (Wildman–Crippen LogP) is 0.756. The highest BCUT2D eigenvalue weighted by atomic mass is 16.4. The van der Waals surface area contributed by atoms with Gasteiger partial charge in [0.1, 0.15) is 0 Å². The van der Waals surface area contributed by atoms with Crippen molar-refractivity contribution in [3.63, 3.8) is 0 Å². The monoisotopic (exact) mass is 231 g/mol. The van der Waals surface area contributed by atoms with E-state index in [1.165, 1.54) is 0 Å². The van der Waals surface area contributed by atoms with E-state index in [0.29, 0.717) is 17.5 Å². The minimum atomic E-state index is -0.952. The number of fused-ring (bicyclic) bond motifs is 1. The van der Waals surface area contributed by atoms with Crippen LogP contribution >= 0.6 is 0 Å².